The first-order valence-corrected chi connectivity index (χ1v) is 35.7. The zero-order valence-electron chi connectivity index (χ0n) is 46.9. The van der Waals surface area contributed by atoms with Gasteiger partial charge in [0.2, 0.25) is 17.3 Å². The molecule has 0 aliphatic heterocycles. The van der Waals surface area contributed by atoms with E-state index >= 15 is 0 Å². The first-order valence-electron chi connectivity index (χ1n) is 24.5. The van der Waals surface area contributed by atoms with Gasteiger partial charge in [0.1, 0.15) is 59.4 Å². The van der Waals surface area contributed by atoms with Crippen molar-refractivity contribution in [3.63, 3.8) is 0 Å². The number of ether oxygens (including phenoxy) is 2. The number of phenolic OH excluding ortho intramolecular Hbond substituents is 2. The van der Waals surface area contributed by atoms with Gasteiger partial charge in [-0.05, 0) is 79.2 Å². The van der Waals surface area contributed by atoms with E-state index in [1.165, 1.54) is 0 Å². The highest BCUT2D eigenvalue weighted by Gasteiger charge is 2.30. The summed E-state index contributed by atoms with van der Waals surface area (Å²) < 4.78 is 269. The third kappa shape index (κ3) is 18.8. The Bertz CT molecular complexity index is 5710. The number of nitrogen functional groups attached to an aromatic ring is 1. The van der Waals surface area contributed by atoms with Crippen molar-refractivity contribution in [2.45, 2.75) is 30.9 Å². The van der Waals surface area contributed by atoms with Gasteiger partial charge in [0.15, 0.2) is 11.5 Å². The molecule has 1 aromatic heterocycles. The number of nitro benzene ring substituents is 1. The quantitative estimate of drug-likeness (QED) is 0.00656. The molecule has 0 bridgehead atoms. The Labute approximate surface area is 553 Å². The van der Waals surface area contributed by atoms with Crippen molar-refractivity contribution in [1.29, 1.82) is 0 Å². The summed E-state index contributed by atoms with van der Waals surface area (Å²) >= 11 is 6.26. The van der Waals surface area contributed by atoms with E-state index in [9.17, 15) is 103 Å². The van der Waals surface area contributed by atoms with Gasteiger partial charge in [-0.3, -0.25) is 42.2 Å². The van der Waals surface area contributed by atoms with E-state index in [4.69, 9.17) is 56.6 Å². The maximum absolute atomic E-state index is 13.2. The number of aromatic hydroxyl groups is 3. The van der Waals surface area contributed by atoms with Crippen LogP contribution in [0.25, 0.3) is 27.2 Å². The largest absolute Gasteiger partial charge is 0.505 e. The predicted octanol–water partition coefficient (Wildman–Crippen LogP) is 6.52. The molecule has 0 aliphatic carbocycles. The molecule has 1 heterocycles. The maximum Gasteiger partial charge on any atom is 0.425 e. The van der Waals surface area contributed by atoms with E-state index < -0.39 is 230 Å². The van der Waals surface area contributed by atoms with Crippen LogP contribution in [0.5, 0.6) is 29.0 Å². The van der Waals surface area contributed by atoms with Gasteiger partial charge < -0.3 is 30.5 Å². The first kappa shape index (κ1) is 76.5. The van der Waals surface area contributed by atoms with Crippen molar-refractivity contribution in [3.8, 4) is 34.7 Å². The Morgan fingerprint density at radius 1 is 0.571 bits per heavy atom. The molecule has 0 saturated carbocycles. The molecular weight excluding hydrogens is 1510 g/mol. The van der Waals surface area contributed by atoms with Crippen LogP contribution in [-0.4, -0.2) is 152 Å². The lowest BCUT2D eigenvalue weighted by Crippen LogP contribution is -2.09. The van der Waals surface area contributed by atoms with E-state index in [1.54, 1.807) is 0 Å². The second kappa shape index (κ2) is 29.9. The number of azo groups is 4. The standard InChI is InChI=1S/C45H33ClN12O26S6.2O3S/c46-25-16-34(88(74,75)76)30(52-55-39-44(84-19-59)56-57(45(39)62)20-5-7-21(8-6-20)86(68,69)70)17-29(25)51-54-38-35(89(77,78)79)15-24-22(40(38)60)9-12-28(43(24)90(80,81)82)50-53-31-18-33(87(71,72)73)23-10-11-26(41(61)36(23)37(31)47)48-49-27-3-1-4-32(58(63)64)42(27)83-13-2-14-85(65,66)67;2*1-4(2)3/h1,3-12,15-19,60-62H,2,13-14,47H2,(H,65,66,67)(H,68,69,70)(H,71,72,73)(H,74,75,76)(H,77,78,79)(H,80,81,82);;. The molecule has 98 heavy (non-hydrogen) atoms. The number of nitrogens with zero attached hydrogens (tertiary/aromatic N) is 11. The molecule has 520 valence electrons. The molecule has 0 aliphatic rings. The number of nitrogens with two attached hydrogens (primary N) is 1. The van der Waals surface area contributed by atoms with Gasteiger partial charge in [-0.25, -0.2) is 0 Å². The van der Waals surface area contributed by atoms with E-state index in [0.717, 1.165) is 60.7 Å². The Morgan fingerprint density at radius 3 is 1.65 bits per heavy atom. The molecular formula is C45H33ClN12O32S8. The number of nitro groups is 1. The number of fused-ring (bicyclic) bond motifs is 2. The lowest BCUT2D eigenvalue weighted by Gasteiger charge is -2.13. The third-order valence-electron chi connectivity index (χ3n) is 11.9. The number of carbonyl (C=O) groups is 1. The van der Waals surface area contributed by atoms with Gasteiger partial charge in [-0.1, -0.05) is 23.7 Å². The van der Waals surface area contributed by atoms with Gasteiger partial charge >= 0.3 is 26.9 Å². The molecule has 0 unspecified atom stereocenters. The zero-order chi connectivity index (χ0) is 73.5. The smallest absolute Gasteiger partial charge is 0.425 e. The van der Waals surface area contributed by atoms with Crippen LogP contribution < -0.4 is 15.2 Å². The number of aromatic nitrogens is 2. The van der Waals surface area contributed by atoms with Gasteiger partial charge in [-0.2, -0.15) is 55.2 Å². The molecule has 11 N–H and O–H groups in total. The fourth-order valence-corrected chi connectivity index (χ4v) is 12.1. The molecule has 0 fully saturated rings. The number of para-hydroxylation sites is 1. The average molecular weight is 1550 g/mol. The Hall–Kier alpha value is -10.5. The Morgan fingerprint density at radius 2 is 1.10 bits per heavy atom. The Balaban J connectivity index is 0.00000179. The third-order valence-corrected chi connectivity index (χ3v) is 17.4. The average Bonchev–Trinajstić information content (AvgIpc) is 0.956. The number of rotatable bonds is 22. The number of hydrogen-bond donors (Lipinski definition) is 10. The second-order valence-corrected chi connectivity index (χ2v) is 27.8. The van der Waals surface area contributed by atoms with Gasteiger partial charge in [-0.15, -0.1) is 71.3 Å². The highest BCUT2D eigenvalue weighted by molar-refractivity contribution is 7.87. The van der Waals surface area contributed by atoms with E-state index in [0.29, 0.717) is 35.0 Å². The van der Waals surface area contributed by atoms with Crippen LogP contribution in [0.4, 0.5) is 56.9 Å². The van der Waals surface area contributed by atoms with E-state index in [2.05, 4.69) is 46.0 Å². The molecule has 8 aromatic rings. The molecule has 7 aromatic carbocycles. The van der Waals surface area contributed by atoms with Crippen molar-refractivity contribution in [2.24, 2.45) is 40.9 Å². The number of benzene rings is 7. The van der Waals surface area contributed by atoms with Crippen LogP contribution in [0.2, 0.25) is 5.02 Å². The number of phenols is 2. The fourth-order valence-electron chi connectivity index (χ4n) is 8.02. The lowest BCUT2D eigenvalue weighted by molar-refractivity contribution is -0.385. The van der Waals surface area contributed by atoms with Crippen molar-refractivity contribution in [3.05, 3.63) is 106 Å². The lowest BCUT2D eigenvalue weighted by atomic mass is 10.1. The predicted molar refractivity (Wildman–Crippen MR) is 324 cm³/mol. The van der Waals surface area contributed by atoms with Crippen LogP contribution in [0, 0.1) is 10.1 Å². The normalized spacial score (nSPS) is 12.4. The van der Waals surface area contributed by atoms with Crippen LogP contribution in [-0.2, 0) is 86.7 Å². The second-order valence-electron chi connectivity index (χ2n) is 18.1. The summed E-state index contributed by atoms with van der Waals surface area (Å²) in [5.41, 5.74) is -1.65. The van der Waals surface area contributed by atoms with Crippen LogP contribution in [0.3, 0.4) is 0 Å². The summed E-state index contributed by atoms with van der Waals surface area (Å²) in [5, 5.41) is 75.8. The van der Waals surface area contributed by atoms with Crippen molar-refractivity contribution in [1.82, 2.24) is 9.78 Å². The highest BCUT2D eigenvalue weighted by atomic mass is 35.5. The molecule has 53 heteroatoms. The summed E-state index contributed by atoms with van der Waals surface area (Å²) in [6.07, 6.45) is -0.345. The molecule has 0 spiro atoms. The fraction of sp³-hybridized carbons (Fsp3) is 0.0667. The molecule has 8 rings (SSSR count). The van der Waals surface area contributed by atoms with Gasteiger partial charge in [0, 0.05) is 22.2 Å². The van der Waals surface area contributed by atoms with Crippen LogP contribution >= 0.6 is 11.6 Å². The number of carbonyl (C=O) groups excluding carboxylic acids is 1. The molecule has 0 saturated heterocycles. The minimum atomic E-state index is -5.72. The van der Waals surface area contributed by atoms with E-state index in [-0.39, 0.29) is 24.3 Å². The maximum atomic E-state index is 13.2. The summed E-state index contributed by atoms with van der Waals surface area (Å²) in [4.78, 5) is 16.6. The zero-order valence-corrected chi connectivity index (χ0v) is 54.2. The highest BCUT2D eigenvalue weighted by Crippen LogP contribution is 2.50. The summed E-state index contributed by atoms with van der Waals surface area (Å²) in [7, 11) is -37.5. The summed E-state index contributed by atoms with van der Waals surface area (Å²) in [6, 6.07) is 12.5. The van der Waals surface area contributed by atoms with Crippen LogP contribution in [0.15, 0.2) is 156 Å². The molecule has 0 amide bonds. The van der Waals surface area contributed by atoms with Gasteiger partial charge in [0.05, 0.1) is 44.0 Å². The minimum absolute atomic E-state index is 0.150. The van der Waals surface area contributed by atoms with Crippen LogP contribution in [0.1, 0.15) is 6.42 Å². The molecule has 0 atom stereocenters. The van der Waals surface area contributed by atoms with Gasteiger partial charge in [0.25, 0.3) is 73.1 Å². The molecule has 0 radical (unpaired) electrons. The molecule has 44 nitrogen and oxygen atoms in total. The first-order chi connectivity index (χ1) is 45.3. The summed E-state index contributed by atoms with van der Waals surface area (Å²) in [5.74, 6) is -5.53. The summed E-state index contributed by atoms with van der Waals surface area (Å²) in [6.45, 7) is -0.693. The van der Waals surface area contributed by atoms with E-state index in [1.807, 2.05) is 0 Å². The van der Waals surface area contributed by atoms with Crippen molar-refractivity contribution < 1.29 is 138 Å². The number of anilines is 1. The van der Waals surface area contributed by atoms with Crippen molar-refractivity contribution >= 4 is 178 Å². The topological polar surface area (TPSA) is 711 Å². The Kier molecular flexibility index (Phi) is 23.3. The monoisotopic (exact) mass is 1540 g/mol. The van der Waals surface area contributed by atoms with Crippen molar-refractivity contribution in [2.75, 3.05) is 18.1 Å². The number of halogens is 1. The number of hydrogen-bond acceptors (Lipinski definition) is 36. The minimum Gasteiger partial charge on any atom is -0.505 e. The SMILES string of the molecule is Nc1c(N=Nc2ccc3c(O)c(N=Nc4cc(N=Nc5c(OC=O)nn(-c6ccc(S(=O)(=O)O)cc6)c5O)c(S(=O)(=O)O)cc4Cl)c(S(=O)(=O)O)cc3c2S(=O)(=O)O)cc(S(=O)(=O)O)c2ccc(N=Nc3cccc([N+](=O)[O-])c3OCCCS(=O)(=O)O)c(O)c12.O=S(=O)=O.O=S(=O)=O.